The fourth-order valence-corrected chi connectivity index (χ4v) is 4.90. The van der Waals surface area contributed by atoms with Crippen molar-refractivity contribution in [2.45, 2.75) is 24.4 Å². The third-order valence-electron chi connectivity index (χ3n) is 4.98. The van der Waals surface area contributed by atoms with Gasteiger partial charge in [-0.1, -0.05) is 24.3 Å². The molecule has 0 saturated heterocycles. The zero-order valence-electron chi connectivity index (χ0n) is 15.0. The van der Waals surface area contributed by atoms with Crippen LogP contribution in [-0.4, -0.2) is 38.6 Å². The molecular formula is C18H21N5O2S. The molecule has 1 atom stereocenters. The number of rotatable bonds is 3. The average molecular weight is 371 g/mol. The van der Waals surface area contributed by atoms with Crippen LogP contribution < -0.4 is 0 Å². The molecule has 7 nitrogen and oxygen atoms in total. The van der Waals surface area contributed by atoms with Gasteiger partial charge in [0.1, 0.15) is 5.82 Å². The summed E-state index contributed by atoms with van der Waals surface area (Å²) in [5.41, 5.74) is 3.19. The SMILES string of the molecule is Cc1nc(S(=O)(=O)N2Cc3ccccc3C(c3cnn(C)c3)C2)cn1C. The van der Waals surface area contributed by atoms with Gasteiger partial charge in [-0.2, -0.15) is 9.40 Å². The van der Waals surface area contributed by atoms with E-state index in [1.807, 2.05) is 37.6 Å². The topological polar surface area (TPSA) is 73.0 Å². The maximum Gasteiger partial charge on any atom is 0.262 e. The van der Waals surface area contributed by atoms with Gasteiger partial charge in [0.15, 0.2) is 5.03 Å². The highest BCUT2D eigenvalue weighted by molar-refractivity contribution is 7.89. The smallest absolute Gasteiger partial charge is 0.262 e. The van der Waals surface area contributed by atoms with E-state index in [0.717, 1.165) is 16.7 Å². The van der Waals surface area contributed by atoms with Crippen molar-refractivity contribution in [1.82, 2.24) is 23.6 Å². The number of fused-ring (bicyclic) bond motifs is 1. The Morgan fingerprint density at radius 1 is 1.15 bits per heavy atom. The molecule has 8 heteroatoms. The first-order valence-corrected chi connectivity index (χ1v) is 9.86. The number of nitrogens with zero attached hydrogens (tertiary/aromatic N) is 5. The molecule has 0 amide bonds. The Bertz CT molecular complexity index is 1050. The lowest BCUT2D eigenvalue weighted by Crippen LogP contribution is -2.38. The van der Waals surface area contributed by atoms with E-state index in [1.165, 1.54) is 4.31 Å². The van der Waals surface area contributed by atoms with Gasteiger partial charge in [0.2, 0.25) is 0 Å². The fraction of sp³-hybridized carbons (Fsp3) is 0.333. The molecule has 4 rings (SSSR count). The molecule has 1 aliphatic rings. The van der Waals surface area contributed by atoms with Crippen molar-refractivity contribution < 1.29 is 8.42 Å². The lowest BCUT2D eigenvalue weighted by molar-refractivity contribution is 0.370. The van der Waals surface area contributed by atoms with Gasteiger partial charge in [0.05, 0.1) is 6.20 Å². The van der Waals surface area contributed by atoms with Crippen molar-refractivity contribution in [2.75, 3.05) is 6.54 Å². The van der Waals surface area contributed by atoms with Crippen molar-refractivity contribution in [3.8, 4) is 0 Å². The molecule has 26 heavy (non-hydrogen) atoms. The molecule has 0 bridgehead atoms. The van der Waals surface area contributed by atoms with Crippen LogP contribution in [0.15, 0.2) is 47.9 Å². The summed E-state index contributed by atoms with van der Waals surface area (Å²) in [6, 6.07) is 8.00. The Labute approximate surface area is 152 Å². The monoisotopic (exact) mass is 371 g/mol. The first-order valence-electron chi connectivity index (χ1n) is 8.42. The second-order valence-electron chi connectivity index (χ2n) is 6.73. The number of hydrogen-bond donors (Lipinski definition) is 0. The van der Waals surface area contributed by atoms with E-state index in [0.29, 0.717) is 18.9 Å². The summed E-state index contributed by atoms with van der Waals surface area (Å²) in [5.74, 6) is 0.623. The zero-order valence-corrected chi connectivity index (χ0v) is 15.8. The van der Waals surface area contributed by atoms with Gasteiger partial charge < -0.3 is 4.57 Å². The van der Waals surface area contributed by atoms with Gasteiger partial charge >= 0.3 is 0 Å². The fourth-order valence-electron chi connectivity index (χ4n) is 3.45. The predicted octanol–water partition coefficient (Wildman–Crippen LogP) is 1.80. The maximum atomic E-state index is 13.2. The van der Waals surface area contributed by atoms with Crippen LogP contribution in [0, 0.1) is 6.92 Å². The van der Waals surface area contributed by atoms with E-state index in [9.17, 15) is 8.42 Å². The molecular weight excluding hydrogens is 350 g/mol. The Kier molecular flexibility index (Phi) is 3.96. The van der Waals surface area contributed by atoms with Gasteiger partial charge in [-0.25, -0.2) is 13.4 Å². The number of aromatic nitrogens is 4. The molecule has 0 fully saturated rings. The van der Waals surface area contributed by atoms with Crippen LogP contribution in [0.2, 0.25) is 0 Å². The third-order valence-corrected chi connectivity index (χ3v) is 6.66. The number of hydrogen-bond acceptors (Lipinski definition) is 4. The highest BCUT2D eigenvalue weighted by Crippen LogP contribution is 2.35. The summed E-state index contributed by atoms with van der Waals surface area (Å²) in [4.78, 5) is 4.23. The van der Waals surface area contributed by atoms with Crippen LogP contribution in [0.3, 0.4) is 0 Å². The van der Waals surface area contributed by atoms with Crippen LogP contribution in [0.25, 0.3) is 0 Å². The quantitative estimate of drug-likeness (QED) is 0.704. The molecule has 0 N–H and O–H groups in total. The predicted molar refractivity (Wildman–Crippen MR) is 97.0 cm³/mol. The number of imidazole rings is 1. The summed E-state index contributed by atoms with van der Waals surface area (Å²) >= 11 is 0. The van der Waals surface area contributed by atoms with E-state index in [1.54, 1.807) is 29.4 Å². The number of sulfonamides is 1. The van der Waals surface area contributed by atoms with Crippen molar-refractivity contribution in [1.29, 1.82) is 0 Å². The minimum atomic E-state index is -3.67. The molecule has 136 valence electrons. The Balaban J connectivity index is 1.77. The first kappa shape index (κ1) is 17.0. The molecule has 0 aliphatic carbocycles. The second kappa shape index (κ2) is 6.07. The molecule has 3 heterocycles. The third kappa shape index (κ3) is 2.75. The first-order chi connectivity index (χ1) is 12.4. The normalized spacial score (nSPS) is 18.0. The van der Waals surface area contributed by atoms with Crippen LogP contribution >= 0.6 is 0 Å². The molecule has 3 aromatic rings. The van der Waals surface area contributed by atoms with Crippen molar-refractivity contribution >= 4 is 10.0 Å². The summed E-state index contributed by atoms with van der Waals surface area (Å²) in [6.45, 7) is 2.52. The minimum absolute atomic E-state index is 0.0479. The van der Waals surface area contributed by atoms with Gasteiger partial charge in [-0.15, -0.1) is 0 Å². The Morgan fingerprint density at radius 2 is 1.92 bits per heavy atom. The minimum Gasteiger partial charge on any atom is -0.337 e. The van der Waals surface area contributed by atoms with Gasteiger partial charge in [0.25, 0.3) is 10.0 Å². The summed E-state index contributed by atoms with van der Waals surface area (Å²) in [6.07, 6.45) is 5.33. The lowest BCUT2D eigenvalue weighted by atomic mass is 9.87. The molecule has 1 unspecified atom stereocenters. The van der Waals surface area contributed by atoms with Gasteiger partial charge in [-0.3, -0.25) is 4.68 Å². The lowest BCUT2D eigenvalue weighted by Gasteiger charge is -2.33. The molecule has 0 spiro atoms. The molecule has 0 radical (unpaired) electrons. The van der Waals surface area contributed by atoms with Crippen molar-refractivity contribution in [2.24, 2.45) is 14.1 Å². The van der Waals surface area contributed by atoms with Crippen LogP contribution in [0.5, 0.6) is 0 Å². The van der Waals surface area contributed by atoms with Crippen LogP contribution in [0.1, 0.15) is 28.4 Å². The van der Waals surface area contributed by atoms with E-state index < -0.39 is 10.0 Å². The number of aryl methyl sites for hydroxylation is 3. The standard InChI is InChI=1S/C18H21N5O2S/c1-13-20-18(12-21(13)2)26(24,25)23-10-14-6-4-5-7-16(14)17(11-23)15-8-19-22(3)9-15/h4-9,12,17H,10-11H2,1-3H3. The highest BCUT2D eigenvalue weighted by atomic mass is 32.2. The van der Waals surface area contributed by atoms with E-state index in [2.05, 4.69) is 16.1 Å². The van der Waals surface area contributed by atoms with E-state index in [-0.39, 0.29) is 10.9 Å². The maximum absolute atomic E-state index is 13.2. The van der Waals surface area contributed by atoms with Crippen LogP contribution in [-0.2, 0) is 30.7 Å². The second-order valence-corrected chi connectivity index (χ2v) is 8.62. The van der Waals surface area contributed by atoms with E-state index in [4.69, 9.17) is 0 Å². The average Bonchev–Trinajstić information content (AvgIpc) is 3.20. The molecule has 1 aromatic carbocycles. The zero-order chi connectivity index (χ0) is 18.5. The highest BCUT2D eigenvalue weighted by Gasteiger charge is 2.35. The Hall–Kier alpha value is -2.45. The summed E-state index contributed by atoms with van der Waals surface area (Å²) in [7, 11) is -0.00493. The summed E-state index contributed by atoms with van der Waals surface area (Å²) < 4.78 is 31.3. The van der Waals surface area contributed by atoms with Gasteiger partial charge in [-0.05, 0) is 23.6 Å². The molecule has 1 aliphatic heterocycles. The Morgan fingerprint density at radius 3 is 2.58 bits per heavy atom. The summed E-state index contributed by atoms with van der Waals surface area (Å²) in [5, 5.41) is 4.36. The van der Waals surface area contributed by atoms with Gasteiger partial charge in [0, 0.05) is 45.5 Å². The van der Waals surface area contributed by atoms with E-state index >= 15 is 0 Å². The van der Waals surface area contributed by atoms with Crippen molar-refractivity contribution in [3.05, 3.63) is 65.4 Å². The van der Waals surface area contributed by atoms with Crippen LogP contribution in [0.4, 0.5) is 0 Å². The largest absolute Gasteiger partial charge is 0.337 e. The number of benzene rings is 1. The molecule has 0 saturated carbocycles. The molecule has 2 aromatic heterocycles. The van der Waals surface area contributed by atoms with Crippen molar-refractivity contribution in [3.63, 3.8) is 0 Å².